The fraction of sp³-hybridized carbons (Fsp3) is 0.538. The molecule has 2 rings (SSSR count). The highest BCUT2D eigenvalue weighted by molar-refractivity contribution is 5.30. The van der Waals surface area contributed by atoms with Crippen molar-refractivity contribution in [2.24, 2.45) is 5.92 Å². The summed E-state index contributed by atoms with van der Waals surface area (Å²) in [6, 6.07) is 4.90. The lowest BCUT2D eigenvalue weighted by Gasteiger charge is -2.21. The first kappa shape index (κ1) is 10.5. The summed E-state index contributed by atoms with van der Waals surface area (Å²) in [5.41, 5.74) is 0.668. The Morgan fingerprint density at radius 3 is 2.67 bits per heavy atom. The van der Waals surface area contributed by atoms with Crippen LogP contribution in [0.25, 0.3) is 0 Å². The zero-order chi connectivity index (χ0) is 10.7. The number of hydrogen-bond acceptors (Lipinski definition) is 1. The van der Waals surface area contributed by atoms with Crippen LogP contribution in [0, 0.1) is 11.7 Å². The van der Waals surface area contributed by atoms with Gasteiger partial charge in [-0.1, -0.05) is 44.2 Å². The average Bonchev–Trinajstić information content (AvgIpc) is 2.26. The van der Waals surface area contributed by atoms with E-state index in [1.165, 1.54) is 38.2 Å². The monoisotopic (exact) mass is 208 g/mol. The van der Waals surface area contributed by atoms with Crippen molar-refractivity contribution in [3.8, 4) is 5.75 Å². The molecule has 1 aliphatic carbocycles. The van der Waals surface area contributed by atoms with Crippen molar-refractivity contribution in [1.29, 1.82) is 0 Å². The molecular formula is C13H17FO. The third-order valence-corrected chi connectivity index (χ3v) is 3.29. The number of phenolic OH excluding ortho intramolecular Hbond substituents is 1. The third-order valence-electron chi connectivity index (χ3n) is 3.29. The number of phenols is 1. The minimum absolute atomic E-state index is 0.219. The molecule has 0 radical (unpaired) electrons. The molecule has 0 spiro atoms. The maximum absolute atomic E-state index is 13.5. The number of rotatable bonds is 2. The highest BCUT2D eigenvalue weighted by Gasteiger charge is 2.16. The van der Waals surface area contributed by atoms with Gasteiger partial charge in [-0.05, 0) is 24.0 Å². The normalized spacial score (nSPS) is 17.9. The van der Waals surface area contributed by atoms with Gasteiger partial charge in [0.15, 0.2) is 11.6 Å². The van der Waals surface area contributed by atoms with E-state index in [1.54, 1.807) is 12.1 Å². The largest absolute Gasteiger partial charge is 0.505 e. The summed E-state index contributed by atoms with van der Waals surface area (Å²) in [6.45, 7) is 0. The van der Waals surface area contributed by atoms with E-state index in [0.717, 1.165) is 6.42 Å². The lowest BCUT2D eigenvalue weighted by atomic mass is 9.85. The van der Waals surface area contributed by atoms with Crippen molar-refractivity contribution in [2.75, 3.05) is 0 Å². The van der Waals surface area contributed by atoms with E-state index in [2.05, 4.69) is 0 Å². The Morgan fingerprint density at radius 1 is 1.20 bits per heavy atom. The maximum Gasteiger partial charge on any atom is 0.167 e. The van der Waals surface area contributed by atoms with Crippen molar-refractivity contribution in [3.05, 3.63) is 29.6 Å². The van der Waals surface area contributed by atoms with Crippen molar-refractivity contribution in [3.63, 3.8) is 0 Å². The van der Waals surface area contributed by atoms with Gasteiger partial charge < -0.3 is 5.11 Å². The van der Waals surface area contributed by atoms with Crippen LogP contribution in [-0.2, 0) is 6.42 Å². The molecule has 1 aromatic carbocycles. The van der Waals surface area contributed by atoms with Crippen molar-refractivity contribution >= 4 is 0 Å². The quantitative estimate of drug-likeness (QED) is 0.786. The van der Waals surface area contributed by atoms with Gasteiger partial charge in [-0.2, -0.15) is 0 Å². The highest BCUT2D eigenvalue weighted by Crippen LogP contribution is 2.29. The molecule has 1 N–H and O–H groups in total. The lowest BCUT2D eigenvalue weighted by Crippen LogP contribution is -2.10. The first-order chi connectivity index (χ1) is 7.27. The maximum atomic E-state index is 13.5. The zero-order valence-electron chi connectivity index (χ0n) is 8.88. The molecule has 15 heavy (non-hydrogen) atoms. The second kappa shape index (κ2) is 4.65. The summed E-state index contributed by atoms with van der Waals surface area (Å²) >= 11 is 0. The van der Waals surface area contributed by atoms with Gasteiger partial charge in [0.05, 0.1) is 0 Å². The molecule has 1 aromatic rings. The predicted octanol–water partition coefficient (Wildman–Crippen LogP) is 3.65. The van der Waals surface area contributed by atoms with Crippen LogP contribution >= 0.6 is 0 Å². The van der Waals surface area contributed by atoms with Gasteiger partial charge in [-0.15, -0.1) is 0 Å². The first-order valence-corrected chi connectivity index (χ1v) is 5.73. The fourth-order valence-electron chi connectivity index (χ4n) is 2.43. The second-order valence-corrected chi connectivity index (χ2v) is 4.46. The molecule has 1 aliphatic rings. The smallest absolute Gasteiger partial charge is 0.167 e. The Labute approximate surface area is 89.9 Å². The summed E-state index contributed by atoms with van der Waals surface area (Å²) in [6.07, 6.45) is 7.04. The van der Waals surface area contributed by atoms with Crippen LogP contribution in [0.2, 0.25) is 0 Å². The van der Waals surface area contributed by atoms with Crippen LogP contribution in [0.4, 0.5) is 4.39 Å². The van der Waals surface area contributed by atoms with Gasteiger partial charge in [-0.25, -0.2) is 4.39 Å². The molecule has 0 amide bonds. The van der Waals surface area contributed by atoms with E-state index in [0.29, 0.717) is 11.5 Å². The number of hydrogen-bond donors (Lipinski definition) is 1. The van der Waals surface area contributed by atoms with E-state index in [4.69, 9.17) is 0 Å². The molecule has 82 valence electrons. The standard InChI is InChI=1S/C13H17FO/c14-13-11(7-4-8-12(13)15)9-10-5-2-1-3-6-10/h4,7-8,10,15H,1-3,5-6,9H2. The van der Waals surface area contributed by atoms with E-state index >= 15 is 0 Å². The molecule has 0 aromatic heterocycles. The van der Waals surface area contributed by atoms with E-state index < -0.39 is 5.82 Å². The van der Waals surface area contributed by atoms with Gasteiger partial charge >= 0.3 is 0 Å². The Hall–Kier alpha value is -1.05. The third kappa shape index (κ3) is 2.49. The molecule has 0 saturated heterocycles. The molecule has 1 nitrogen and oxygen atoms in total. The predicted molar refractivity (Wildman–Crippen MR) is 58.3 cm³/mol. The zero-order valence-corrected chi connectivity index (χ0v) is 8.88. The van der Waals surface area contributed by atoms with Gasteiger partial charge in [0.2, 0.25) is 0 Å². The van der Waals surface area contributed by atoms with Crippen molar-refractivity contribution in [1.82, 2.24) is 0 Å². The van der Waals surface area contributed by atoms with Crippen LogP contribution in [0.1, 0.15) is 37.7 Å². The van der Waals surface area contributed by atoms with Crippen LogP contribution in [-0.4, -0.2) is 5.11 Å². The van der Waals surface area contributed by atoms with Crippen LogP contribution < -0.4 is 0 Å². The number of aromatic hydroxyl groups is 1. The van der Waals surface area contributed by atoms with Gasteiger partial charge in [0.25, 0.3) is 0 Å². The lowest BCUT2D eigenvalue weighted by molar-refractivity contribution is 0.350. The number of halogens is 1. The molecule has 0 unspecified atom stereocenters. The van der Waals surface area contributed by atoms with E-state index in [-0.39, 0.29) is 5.75 Å². The Bertz CT molecular complexity index is 329. The van der Waals surface area contributed by atoms with E-state index in [9.17, 15) is 9.50 Å². The Balaban J connectivity index is 2.06. The summed E-state index contributed by atoms with van der Waals surface area (Å²) in [5, 5.41) is 9.25. The molecule has 1 saturated carbocycles. The molecular weight excluding hydrogens is 191 g/mol. The van der Waals surface area contributed by atoms with Gasteiger partial charge in [-0.3, -0.25) is 0 Å². The Kier molecular flexibility index (Phi) is 3.24. The minimum Gasteiger partial charge on any atom is -0.505 e. The van der Waals surface area contributed by atoms with Crippen LogP contribution in [0.15, 0.2) is 18.2 Å². The first-order valence-electron chi connectivity index (χ1n) is 5.73. The molecule has 0 bridgehead atoms. The van der Waals surface area contributed by atoms with Gasteiger partial charge in [0, 0.05) is 0 Å². The molecule has 1 fully saturated rings. The van der Waals surface area contributed by atoms with Gasteiger partial charge in [0.1, 0.15) is 0 Å². The number of benzene rings is 1. The fourth-order valence-corrected chi connectivity index (χ4v) is 2.43. The molecule has 2 heteroatoms. The SMILES string of the molecule is Oc1cccc(CC2CCCCC2)c1F. The second-order valence-electron chi connectivity index (χ2n) is 4.46. The van der Waals surface area contributed by atoms with Crippen LogP contribution in [0.3, 0.4) is 0 Å². The van der Waals surface area contributed by atoms with Crippen molar-refractivity contribution in [2.45, 2.75) is 38.5 Å². The highest BCUT2D eigenvalue weighted by atomic mass is 19.1. The minimum atomic E-state index is -0.428. The summed E-state index contributed by atoms with van der Waals surface area (Å²) in [7, 11) is 0. The molecule has 0 heterocycles. The average molecular weight is 208 g/mol. The Morgan fingerprint density at radius 2 is 1.93 bits per heavy atom. The van der Waals surface area contributed by atoms with E-state index in [1.807, 2.05) is 0 Å². The summed E-state index contributed by atoms with van der Waals surface area (Å²) in [4.78, 5) is 0. The summed E-state index contributed by atoms with van der Waals surface area (Å²) in [5.74, 6) is -0.0403. The summed E-state index contributed by atoms with van der Waals surface area (Å²) < 4.78 is 13.5. The topological polar surface area (TPSA) is 20.2 Å². The van der Waals surface area contributed by atoms with Crippen LogP contribution in [0.5, 0.6) is 5.75 Å². The van der Waals surface area contributed by atoms with Crippen molar-refractivity contribution < 1.29 is 9.50 Å². The molecule has 0 atom stereocenters. The molecule has 0 aliphatic heterocycles.